The first-order chi connectivity index (χ1) is 12.2. The second-order valence-electron chi connectivity index (χ2n) is 6.39. The second-order valence-corrected chi connectivity index (χ2v) is 6.39. The van der Waals surface area contributed by atoms with Crippen molar-refractivity contribution in [3.63, 3.8) is 0 Å². The summed E-state index contributed by atoms with van der Waals surface area (Å²) in [6.45, 7) is 6.98. The average Bonchev–Trinajstić information content (AvgIpc) is 2.96. The number of carbonyl (C=O) groups is 1. The van der Waals surface area contributed by atoms with E-state index in [4.69, 9.17) is 9.26 Å². The number of amides is 1. The number of nitrogens with one attached hydrogen (secondary N) is 1. The quantitative estimate of drug-likeness (QED) is 0.873. The Kier molecular flexibility index (Phi) is 5.83. The standard InChI is InChI=1S/C19H25N3O3/c1-3-17-19(14(2)21-25-17)20-18(23)11-16-13-22(9-10-24-16)12-15-7-5-4-6-8-15/h4-8,16H,3,9-13H2,1-2H3,(H,20,23). The van der Waals surface area contributed by atoms with E-state index in [1.807, 2.05) is 32.0 Å². The first-order valence-corrected chi connectivity index (χ1v) is 8.78. The minimum Gasteiger partial charge on any atom is -0.375 e. The average molecular weight is 343 g/mol. The smallest absolute Gasteiger partial charge is 0.227 e. The molecule has 1 aliphatic heterocycles. The van der Waals surface area contributed by atoms with Crippen LogP contribution in [0.15, 0.2) is 34.9 Å². The number of nitrogens with zero attached hydrogens (tertiary/aromatic N) is 2. The molecule has 1 saturated heterocycles. The molecule has 1 unspecified atom stereocenters. The van der Waals surface area contributed by atoms with E-state index in [0.29, 0.717) is 36.6 Å². The summed E-state index contributed by atoms with van der Waals surface area (Å²) in [7, 11) is 0. The molecule has 2 aromatic rings. The molecule has 2 heterocycles. The zero-order chi connectivity index (χ0) is 17.6. The van der Waals surface area contributed by atoms with E-state index in [2.05, 4.69) is 27.5 Å². The molecule has 134 valence electrons. The molecule has 6 heteroatoms. The molecule has 0 saturated carbocycles. The lowest BCUT2D eigenvalue weighted by Gasteiger charge is -2.32. The molecule has 3 rings (SSSR count). The van der Waals surface area contributed by atoms with E-state index in [-0.39, 0.29) is 12.0 Å². The molecule has 25 heavy (non-hydrogen) atoms. The largest absolute Gasteiger partial charge is 0.375 e. The summed E-state index contributed by atoms with van der Waals surface area (Å²) >= 11 is 0. The SMILES string of the molecule is CCc1onc(C)c1NC(=O)CC1CN(Cc2ccccc2)CCO1. The van der Waals surface area contributed by atoms with Crippen molar-refractivity contribution in [3.8, 4) is 0 Å². The number of hydrogen-bond acceptors (Lipinski definition) is 5. The maximum Gasteiger partial charge on any atom is 0.227 e. The number of carbonyl (C=O) groups excluding carboxylic acids is 1. The molecule has 1 amide bonds. The number of hydrogen-bond donors (Lipinski definition) is 1. The summed E-state index contributed by atoms with van der Waals surface area (Å²) < 4.78 is 11.0. The van der Waals surface area contributed by atoms with Crippen LogP contribution in [0.5, 0.6) is 0 Å². The fourth-order valence-electron chi connectivity index (χ4n) is 3.10. The van der Waals surface area contributed by atoms with Crippen LogP contribution in [0, 0.1) is 6.92 Å². The minimum absolute atomic E-state index is 0.0624. The van der Waals surface area contributed by atoms with Gasteiger partial charge in [0.15, 0.2) is 5.76 Å². The monoisotopic (exact) mass is 343 g/mol. The van der Waals surface area contributed by atoms with Crippen LogP contribution < -0.4 is 5.32 Å². The molecule has 6 nitrogen and oxygen atoms in total. The first-order valence-electron chi connectivity index (χ1n) is 8.78. The van der Waals surface area contributed by atoms with E-state index in [1.54, 1.807) is 0 Å². The first kappa shape index (κ1) is 17.6. The van der Waals surface area contributed by atoms with Gasteiger partial charge in [-0.05, 0) is 12.5 Å². The van der Waals surface area contributed by atoms with Crippen LogP contribution in [-0.4, -0.2) is 41.8 Å². The Morgan fingerprint density at radius 2 is 2.16 bits per heavy atom. The van der Waals surface area contributed by atoms with Crippen LogP contribution in [0.4, 0.5) is 5.69 Å². The van der Waals surface area contributed by atoms with E-state index >= 15 is 0 Å². The summed E-state index contributed by atoms with van der Waals surface area (Å²) in [6.07, 6.45) is 0.933. The van der Waals surface area contributed by atoms with Crippen LogP contribution in [-0.2, 0) is 22.5 Å². The fraction of sp³-hybridized carbons (Fsp3) is 0.474. The van der Waals surface area contributed by atoms with Gasteiger partial charge in [0.25, 0.3) is 0 Å². The van der Waals surface area contributed by atoms with E-state index in [1.165, 1.54) is 5.56 Å². The molecule has 0 spiro atoms. The van der Waals surface area contributed by atoms with Crippen LogP contribution in [0.2, 0.25) is 0 Å². The Morgan fingerprint density at radius 1 is 1.36 bits per heavy atom. The lowest BCUT2D eigenvalue weighted by atomic mass is 10.1. The molecule has 1 aromatic carbocycles. The lowest BCUT2D eigenvalue weighted by molar-refractivity contribution is -0.121. The molecule has 0 bridgehead atoms. The third-order valence-electron chi connectivity index (χ3n) is 4.40. The van der Waals surface area contributed by atoms with Crippen molar-refractivity contribution in [1.82, 2.24) is 10.1 Å². The van der Waals surface area contributed by atoms with E-state index < -0.39 is 0 Å². The molecule has 0 aliphatic carbocycles. The van der Waals surface area contributed by atoms with Crippen LogP contribution in [0.3, 0.4) is 0 Å². The zero-order valence-corrected chi connectivity index (χ0v) is 14.8. The highest BCUT2D eigenvalue weighted by atomic mass is 16.5. The van der Waals surface area contributed by atoms with Gasteiger partial charge in [-0.25, -0.2) is 0 Å². The van der Waals surface area contributed by atoms with Gasteiger partial charge in [0.1, 0.15) is 11.4 Å². The number of rotatable bonds is 6. The number of aryl methyl sites for hydroxylation is 2. The number of benzene rings is 1. The van der Waals surface area contributed by atoms with Gasteiger partial charge in [0.2, 0.25) is 5.91 Å². The maximum absolute atomic E-state index is 12.4. The van der Waals surface area contributed by atoms with Gasteiger partial charge in [-0.3, -0.25) is 9.69 Å². The molecule has 1 atom stereocenters. The number of ether oxygens (including phenoxy) is 1. The number of anilines is 1. The fourth-order valence-corrected chi connectivity index (χ4v) is 3.10. The molecular weight excluding hydrogens is 318 g/mol. The van der Waals surface area contributed by atoms with Gasteiger partial charge in [-0.2, -0.15) is 0 Å². The topological polar surface area (TPSA) is 67.6 Å². The zero-order valence-electron chi connectivity index (χ0n) is 14.8. The Hall–Kier alpha value is -2.18. The molecule has 1 aliphatic rings. The lowest BCUT2D eigenvalue weighted by Crippen LogP contribution is -2.43. The Morgan fingerprint density at radius 3 is 2.92 bits per heavy atom. The number of aromatic nitrogens is 1. The van der Waals surface area contributed by atoms with Crippen molar-refractivity contribution in [1.29, 1.82) is 0 Å². The highest BCUT2D eigenvalue weighted by Crippen LogP contribution is 2.21. The van der Waals surface area contributed by atoms with Crippen molar-refractivity contribution >= 4 is 11.6 Å². The van der Waals surface area contributed by atoms with Crippen molar-refractivity contribution in [3.05, 3.63) is 47.3 Å². The highest BCUT2D eigenvalue weighted by molar-refractivity contribution is 5.92. The Balaban J connectivity index is 1.53. The third-order valence-corrected chi connectivity index (χ3v) is 4.40. The van der Waals surface area contributed by atoms with Crippen LogP contribution in [0.1, 0.15) is 30.4 Å². The van der Waals surface area contributed by atoms with Gasteiger partial charge in [-0.15, -0.1) is 0 Å². The van der Waals surface area contributed by atoms with E-state index in [9.17, 15) is 4.79 Å². The van der Waals surface area contributed by atoms with Gasteiger partial charge >= 0.3 is 0 Å². The van der Waals surface area contributed by atoms with Gasteiger partial charge in [-0.1, -0.05) is 42.4 Å². The van der Waals surface area contributed by atoms with Crippen LogP contribution in [0.25, 0.3) is 0 Å². The van der Waals surface area contributed by atoms with Gasteiger partial charge in [0.05, 0.1) is 19.1 Å². The summed E-state index contributed by atoms with van der Waals surface area (Å²) in [6, 6.07) is 10.4. The van der Waals surface area contributed by atoms with Crippen molar-refractivity contribution in [2.24, 2.45) is 0 Å². The third kappa shape index (κ3) is 4.67. The molecule has 1 N–H and O–H groups in total. The van der Waals surface area contributed by atoms with Gasteiger partial charge in [0, 0.05) is 26.1 Å². The van der Waals surface area contributed by atoms with Crippen molar-refractivity contribution in [2.75, 3.05) is 25.0 Å². The number of morpholine rings is 1. The predicted octanol–water partition coefficient (Wildman–Crippen LogP) is 2.78. The van der Waals surface area contributed by atoms with Crippen LogP contribution >= 0.6 is 0 Å². The Bertz CT molecular complexity index is 699. The van der Waals surface area contributed by atoms with Crippen molar-refractivity contribution in [2.45, 2.75) is 39.3 Å². The molecule has 1 aromatic heterocycles. The molecule has 0 radical (unpaired) electrons. The summed E-state index contributed by atoms with van der Waals surface area (Å²) in [5.41, 5.74) is 2.69. The van der Waals surface area contributed by atoms with Gasteiger partial charge < -0.3 is 14.6 Å². The maximum atomic E-state index is 12.4. The Labute approximate surface area is 148 Å². The molecular formula is C19H25N3O3. The predicted molar refractivity (Wildman–Crippen MR) is 95.3 cm³/mol. The summed E-state index contributed by atoms with van der Waals surface area (Å²) in [5.74, 6) is 0.647. The van der Waals surface area contributed by atoms with E-state index in [0.717, 1.165) is 19.6 Å². The molecule has 1 fully saturated rings. The van der Waals surface area contributed by atoms with Crippen molar-refractivity contribution < 1.29 is 14.1 Å². The second kappa shape index (κ2) is 8.27. The minimum atomic E-state index is -0.0947. The highest BCUT2D eigenvalue weighted by Gasteiger charge is 2.24. The summed E-state index contributed by atoms with van der Waals surface area (Å²) in [5, 5.41) is 6.84. The normalized spacial score (nSPS) is 18.2. The summed E-state index contributed by atoms with van der Waals surface area (Å²) in [4.78, 5) is 14.7.